The number of amides is 1. The fraction of sp³-hybridized carbons (Fsp3) is 0.475. The number of carbonyl (C=O) groups excluding carboxylic acids is 1. The molecule has 66 heavy (non-hydrogen) atoms. The zero-order chi connectivity index (χ0) is 43.3. The van der Waals surface area contributed by atoms with Gasteiger partial charge in [-0.3, -0.25) is 19.5 Å². The molecule has 7 nitrogen and oxygen atoms in total. The highest BCUT2D eigenvalue weighted by molar-refractivity contribution is 6.10. The number of para-hydroxylation sites is 3. The van der Waals surface area contributed by atoms with Crippen molar-refractivity contribution in [2.24, 2.45) is 23.7 Å². The molecule has 1 amide bonds. The van der Waals surface area contributed by atoms with Gasteiger partial charge < -0.3 is 14.7 Å². The van der Waals surface area contributed by atoms with Crippen LogP contribution in [0.3, 0.4) is 0 Å². The standard InChI is InChI=1S/C59H60N6O/c1-4-33-28-61-22-20-58-45-15-9-12-18-48(45)65-55(58)39(36(33)24-51(58)61)23-40(56(65)66)49-27-59-44-14-8-11-17-47(44)64-31-41-37-25-50-57(19-21-60(50)29-34(37)5-2)43-13-7-10-16-46(43)63(53(41)57)32-42(54(59)64)38-26-52(59)62(49)30-35(38)6-3/h4-18,23,31-32,36-39,49-55H,19-22,24-30H2,1-3H3/b33-4+,34-5+,35-6+,41-31-,42-32-/t36-,37-,38-,39-,49+,50-,51-,52-,53-,54-,55-,57+,58+,59+/m0/s1. The number of nitrogens with zero attached hydrogens (tertiary/aromatic N) is 6. The molecule has 0 N–H and O–H groups in total. The maximum absolute atomic E-state index is 16.1. The van der Waals surface area contributed by atoms with E-state index in [-0.39, 0.29) is 34.4 Å². The van der Waals surface area contributed by atoms with Crippen molar-refractivity contribution in [2.75, 3.05) is 47.4 Å². The van der Waals surface area contributed by atoms with Crippen LogP contribution in [0.2, 0.25) is 0 Å². The van der Waals surface area contributed by atoms with Crippen LogP contribution >= 0.6 is 0 Å². The molecule has 7 heteroatoms. The Labute approximate surface area is 389 Å². The summed E-state index contributed by atoms with van der Waals surface area (Å²) < 4.78 is 0. The summed E-state index contributed by atoms with van der Waals surface area (Å²) in [6, 6.07) is 30.5. The lowest BCUT2D eigenvalue weighted by Gasteiger charge is -2.57. The summed E-state index contributed by atoms with van der Waals surface area (Å²) in [4.78, 5) is 32.8. The molecular formula is C59H60N6O. The number of anilines is 3. The van der Waals surface area contributed by atoms with E-state index in [1.54, 1.807) is 33.4 Å². The highest BCUT2D eigenvalue weighted by Crippen LogP contribution is 2.70. The van der Waals surface area contributed by atoms with Crippen LogP contribution in [0, 0.1) is 23.7 Å². The quantitative estimate of drug-likeness (QED) is 0.228. The van der Waals surface area contributed by atoms with Gasteiger partial charge in [-0.15, -0.1) is 0 Å². The third-order valence-electron chi connectivity index (χ3n) is 22.0. The number of allylic oxidation sites excluding steroid dienone is 3. The van der Waals surface area contributed by atoms with Crippen molar-refractivity contribution in [1.29, 1.82) is 0 Å². The van der Waals surface area contributed by atoms with Gasteiger partial charge in [0, 0.05) is 113 Å². The van der Waals surface area contributed by atoms with E-state index in [1.807, 2.05) is 0 Å². The molecular weight excluding hydrogens is 809 g/mol. The molecule has 6 bridgehead atoms. The number of rotatable bonds is 1. The first-order valence-corrected chi connectivity index (χ1v) is 26.0. The molecule has 14 atom stereocenters. The average Bonchev–Trinajstić information content (AvgIpc) is 4.19. The zero-order valence-corrected chi connectivity index (χ0v) is 38.6. The van der Waals surface area contributed by atoms with Crippen LogP contribution in [0.1, 0.15) is 76.0 Å². The molecule has 9 fully saturated rings. The average molecular weight is 869 g/mol. The number of carbonyl (C=O) groups is 1. The lowest BCUT2D eigenvalue weighted by molar-refractivity contribution is -0.118. The summed E-state index contributed by atoms with van der Waals surface area (Å²) in [6.45, 7) is 12.3. The molecule has 3 saturated carbocycles. The lowest BCUT2D eigenvalue weighted by atomic mass is 9.54. The van der Waals surface area contributed by atoms with Gasteiger partial charge in [-0.2, -0.15) is 0 Å². The van der Waals surface area contributed by atoms with Gasteiger partial charge in [0.25, 0.3) is 5.91 Å². The third kappa shape index (κ3) is 3.79. The van der Waals surface area contributed by atoms with Crippen LogP contribution in [-0.2, 0) is 21.0 Å². The Morgan fingerprint density at radius 2 is 1.14 bits per heavy atom. The third-order valence-corrected chi connectivity index (χ3v) is 22.0. The molecule has 0 unspecified atom stereocenters. The SMILES string of the molecule is C/C=C1\CN2[C@@H](C3=C[C@@H]4[C@@H]5N(C3=O)c3ccccc3[C@@]53CCN5C/C(=C\C)[C@@H]4C[C@H]53)C[C@@]34c5ccccc5N5/C=C6/[C@H]7C[C@@H]8N(CC[C@@]89c8ccccc8N(/C=C(/[C@H]1C[C@H]23)[C@H]54)[C@@H]69)C/C7=C\C. The van der Waals surface area contributed by atoms with Crippen LogP contribution in [0.15, 0.2) is 143 Å². The second kappa shape index (κ2) is 12.0. The van der Waals surface area contributed by atoms with Crippen molar-refractivity contribution in [2.45, 2.75) is 118 Å². The minimum absolute atomic E-state index is 0.0101. The Kier molecular flexibility index (Phi) is 6.75. The van der Waals surface area contributed by atoms with Gasteiger partial charge in [-0.05, 0) is 124 Å². The first-order valence-electron chi connectivity index (χ1n) is 26.0. The first-order chi connectivity index (χ1) is 32.4. The smallest absolute Gasteiger partial charge is 0.255 e. The number of benzene rings is 3. The second-order valence-electron chi connectivity index (χ2n) is 23.3. The Hall–Kier alpha value is -4.95. The predicted molar refractivity (Wildman–Crippen MR) is 260 cm³/mol. The second-order valence-corrected chi connectivity index (χ2v) is 23.3. The van der Waals surface area contributed by atoms with Crippen LogP contribution < -0.4 is 14.7 Å². The molecule has 3 aromatic rings. The maximum Gasteiger partial charge on any atom is 0.255 e. The van der Waals surface area contributed by atoms with E-state index in [4.69, 9.17) is 0 Å². The lowest BCUT2D eigenvalue weighted by Crippen LogP contribution is -2.66. The van der Waals surface area contributed by atoms with Crippen LogP contribution in [0.25, 0.3) is 0 Å². The van der Waals surface area contributed by atoms with E-state index < -0.39 is 0 Å². The fourth-order valence-corrected chi connectivity index (χ4v) is 20.0. The number of hydrogen-bond donors (Lipinski definition) is 0. The van der Waals surface area contributed by atoms with E-state index in [2.05, 4.69) is 160 Å². The fourth-order valence-electron chi connectivity index (χ4n) is 20.0. The molecule has 11 aliphatic heterocycles. The van der Waals surface area contributed by atoms with Gasteiger partial charge in [-0.1, -0.05) is 95.6 Å². The van der Waals surface area contributed by atoms with Crippen molar-refractivity contribution >= 4 is 23.0 Å². The van der Waals surface area contributed by atoms with Crippen LogP contribution in [-0.4, -0.2) is 95.6 Å². The summed E-state index contributed by atoms with van der Waals surface area (Å²) in [5.74, 6) is 1.90. The highest BCUT2D eigenvalue weighted by atomic mass is 16.2. The van der Waals surface area contributed by atoms with E-state index in [0.29, 0.717) is 53.7 Å². The molecule has 0 radical (unpaired) electrons. The van der Waals surface area contributed by atoms with Gasteiger partial charge >= 0.3 is 0 Å². The van der Waals surface area contributed by atoms with Crippen LogP contribution in [0.4, 0.5) is 17.1 Å². The minimum Gasteiger partial charge on any atom is -0.339 e. The Balaban J connectivity index is 0.885. The van der Waals surface area contributed by atoms with Crippen molar-refractivity contribution < 1.29 is 4.79 Å². The van der Waals surface area contributed by atoms with Gasteiger partial charge in [0.2, 0.25) is 0 Å². The largest absolute Gasteiger partial charge is 0.339 e. The molecule has 3 aromatic carbocycles. The Morgan fingerprint density at radius 1 is 0.591 bits per heavy atom. The summed E-state index contributed by atoms with van der Waals surface area (Å²) in [5.41, 5.74) is 17.7. The van der Waals surface area contributed by atoms with Gasteiger partial charge in [0.1, 0.15) is 0 Å². The summed E-state index contributed by atoms with van der Waals surface area (Å²) in [7, 11) is 0. The number of piperidine rings is 3. The first kappa shape index (κ1) is 37.1. The van der Waals surface area contributed by atoms with E-state index >= 15 is 4.79 Å². The van der Waals surface area contributed by atoms with Crippen molar-refractivity contribution in [3.05, 3.63) is 160 Å². The van der Waals surface area contributed by atoms with E-state index in [9.17, 15) is 0 Å². The summed E-state index contributed by atoms with van der Waals surface area (Å²) in [6.07, 6.45) is 22.4. The zero-order valence-electron chi connectivity index (χ0n) is 38.6. The van der Waals surface area contributed by atoms with Crippen molar-refractivity contribution in [1.82, 2.24) is 14.7 Å². The molecule has 14 aliphatic rings. The van der Waals surface area contributed by atoms with E-state index in [0.717, 1.165) is 51.0 Å². The molecule has 11 heterocycles. The van der Waals surface area contributed by atoms with Crippen molar-refractivity contribution in [3.63, 3.8) is 0 Å². The topological polar surface area (TPSA) is 36.5 Å². The summed E-state index contributed by atoms with van der Waals surface area (Å²) in [5, 5.41) is 0. The molecule has 0 aromatic heterocycles. The molecule has 17 rings (SSSR count). The molecule has 332 valence electrons. The normalized spacial score (nSPS) is 46.6. The predicted octanol–water partition coefficient (Wildman–Crippen LogP) is 8.76. The minimum atomic E-state index is -0.161. The monoisotopic (exact) mass is 868 g/mol. The summed E-state index contributed by atoms with van der Waals surface area (Å²) >= 11 is 0. The van der Waals surface area contributed by atoms with E-state index in [1.165, 1.54) is 54.0 Å². The number of hydrogen-bond acceptors (Lipinski definition) is 6. The Bertz CT molecular complexity index is 2990. The number of fused-ring (bicyclic) bond motifs is 12. The highest BCUT2D eigenvalue weighted by Gasteiger charge is 2.74. The maximum atomic E-state index is 16.1. The van der Waals surface area contributed by atoms with Crippen LogP contribution in [0.5, 0.6) is 0 Å². The molecule has 6 saturated heterocycles. The van der Waals surface area contributed by atoms with Gasteiger partial charge in [-0.25, -0.2) is 0 Å². The Morgan fingerprint density at radius 3 is 1.82 bits per heavy atom. The van der Waals surface area contributed by atoms with Gasteiger partial charge in [0.15, 0.2) is 0 Å². The van der Waals surface area contributed by atoms with Crippen molar-refractivity contribution in [3.8, 4) is 0 Å². The molecule has 3 aliphatic carbocycles. The van der Waals surface area contributed by atoms with Gasteiger partial charge in [0.05, 0.1) is 18.1 Å². The molecule has 3 spiro atoms.